The van der Waals surface area contributed by atoms with Crippen LogP contribution in [0, 0.1) is 23.7 Å². The molecule has 5 aliphatic carbocycles. The fourth-order valence-electron chi connectivity index (χ4n) is 11.5. The molecule has 3 heteroatoms. The van der Waals surface area contributed by atoms with E-state index in [4.69, 9.17) is 9.97 Å². The number of benzene rings is 6. The van der Waals surface area contributed by atoms with E-state index in [0.717, 1.165) is 51.7 Å². The van der Waals surface area contributed by atoms with Crippen molar-refractivity contribution in [2.75, 3.05) is 0 Å². The molecule has 0 atom stereocenters. The number of rotatable bonds is 2. The Labute approximate surface area is 289 Å². The quantitative estimate of drug-likeness (QED) is 0.187. The lowest BCUT2D eigenvalue weighted by molar-refractivity contribution is -0.0393. The van der Waals surface area contributed by atoms with E-state index in [0.29, 0.717) is 0 Å². The predicted molar refractivity (Wildman–Crippen MR) is 204 cm³/mol. The van der Waals surface area contributed by atoms with Crippen LogP contribution < -0.4 is 0 Å². The lowest BCUT2D eigenvalue weighted by Gasteiger charge is -2.61. The Kier molecular flexibility index (Phi) is 5.32. The van der Waals surface area contributed by atoms with Gasteiger partial charge in [0, 0.05) is 36.7 Å². The first kappa shape index (κ1) is 27.0. The number of fused-ring (bicyclic) bond motifs is 9. The number of thiophene rings is 1. The van der Waals surface area contributed by atoms with Crippen LogP contribution in [-0.4, -0.2) is 9.97 Å². The molecule has 0 amide bonds. The molecule has 8 aromatic rings. The number of hydrogen-bond acceptors (Lipinski definition) is 3. The Hall–Kier alpha value is -4.86. The summed E-state index contributed by atoms with van der Waals surface area (Å²) < 4.78 is 2.74. The normalized spacial score (nSPS) is 24.8. The summed E-state index contributed by atoms with van der Waals surface area (Å²) in [6.07, 6.45) is 7.02. The third-order valence-electron chi connectivity index (χ3n) is 13.0. The van der Waals surface area contributed by atoms with Gasteiger partial charge >= 0.3 is 0 Å². The van der Waals surface area contributed by atoms with Crippen LogP contribution in [0.4, 0.5) is 0 Å². The van der Waals surface area contributed by atoms with Gasteiger partial charge in [0.05, 0.1) is 22.4 Å². The molecule has 0 unspecified atom stereocenters. The predicted octanol–water partition coefficient (Wildman–Crippen LogP) is 12.2. The number of nitrogens with zero attached hydrogens (tertiary/aromatic N) is 2. The van der Waals surface area contributed by atoms with Crippen molar-refractivity contribution in [3.8, 4) is 33.6 Å². The zero-order chi connectivity index (χ0) is 31.8. The molecule has 5 aliphatic rings. The first-order valence-electron chi connectivity index (χ1n) is 18.1. The van der Waals surface area contributed by atoms with Gasteiger partial charge in [-0.15, -0.1) is 11.3 Å². The van der Waals surface area contributed by atoms with Crippen molar-refractivity contribution in [2.45, 2.75) is 37.5 Å². The van der Waals surface area contributed by atoms with Crippen LogP contribution in [0.5, 0.6) is 0 Å². The minimum absolute atomic E-state index is 0.108. The smallest absolute Gasteiger partial charge is 0.0993 e. The zero-order valence-electron chi connectivity index (χ0n) is 27.2. The van der Waals surface area contributed by atoms with E-state index < -0.39 is 0 Å². The van der Waals surface area contributed by atoms with Crippen LogP contribution in [0.15, 0.2) is 121 Å². The lowest BCUT2D eigenvalue weighted by Crippen LogP contribution is -2.55. The van der Waals surface area contributed by atoms with E-state index in [1.165, 1.54) is 79.7 Å². The topological polar surface area (TPSA) is 25.8 Å². The van der Waals surface area contributed by atoms with Gasteiger partial charge in [-0.3, -0.25) is 0 Å². The summed E-state index contributed by atoms with van der Waals surface area (Å²) in [7, 11) is 0. The van der Waals surface area contributed by atoms with Crippen molar-refractivity contribution in [2.24, 2.45) is 23.7 Å². The highest BCUT2D eigenvalue weighted by Crippen LogP contribution is 2.70. The fraction of sp³-hybridized carbons (Fsp3) is 0.217. The van der Waals surface area contributed by atoms with Crippen molar-refractivity contribution in [1.82, 2.24) is 9.97 Å². The van der Waals surface area contributed by atoms with Crippen LogP contribution in [0.1, 0.15) is 43.2 Å². The van der Waals surface area contributed by atoms with Crippen LogP contribution in [0.2, 0.25) is 0 Å². The van der Waals surface area contributed by atoms with Crippen LogP contribution in [-0.2, 0) is 5.41 Å². The molecule has 2 nitrogen and oxygen atoms in total. The standard InChI is InChI=1S/C46H34N2S/c1-2-10-28(11-3-1)43-44(48-38-17-9-8-16-37(38)47-43)41-32-13-5-4-12-29(32)25-35-40-39(49-45(35)41)19-18-34-33-14-6-7-15-36(33)46(42(34)40)30-21-26-20-27(23-30)24-31(46)22-26/h1-19,25-27,30-31H,20-24H2. The SMILES string of the molecule is c1ccc(-c2nc3ccccc3nc2-c2c3ccccc3cc3c2sc2ccc4c(c23)C2(c3ccccc3-4)C3CC4CC(C3)CC2C4)cc1. The molecule has 2 heterocycles. The summed E-state index contributed by atoms with van der Waals surface area (Å²) in [5.74, 6) is 3.28. The summed E-state index contributed by atoms with van der Waals surface area (Å²) >= 11 is 1.97. The molecular weight excluding hydrogens is 613 g/mol. The second-order valence-corrected chi connectivity index (χ2v) is 16.4. The Morgan fingerprint density at radius 1 is 0.571 bits per heavy atom. The monoisotopic (exact) mass is 646 g/mol. The summed E-state index contributed by atoms with van der Waals surface area (Å²) in [4.78, 5) is 10.8. The van der Waals surface area contributed by atoms with Crippen molar-refractivity contribution in [1.29, 1.82) is 0 Å². The third kappa shape index (κ3) is 3.47. The maximum atomic E-state index is 5.48. The first-order chi connectivity index (χ1) is 24.3. The van der Waals surface area contributed by atoms with Gasteiger partial charge in [-0.1, -0.05) is 97.1 Å². The van der Waals surface area contributed by atoms with E-state index in [9.17, 15) is 0 Å². The van der Waals surface area contributed by atoms with Gasteiger partial charge in [0.15, 0.2) is 0 Å². The summed E-state index contributed by atoms with van der Waals surface area (Å²) in [5.41, 5.74) is 12.5. The van der Waals surface area contributed by atoms with E-state index >= 15 is 0 Å². The first-order valence-corrected chi connectivity index (χ1v) is 18.9. The summed E-state index contributed by atoms with van der Waals surface area (Å²) in [6.45, 7) is 0. The molecule has 49 heavy (non-hydrogen) atoms. The number of aromatic nitrogens is 2. The van der Waals surface area contributed by atoms with Gasteiger partial charge in [0.1, 0.15) is 0 Å². The second-order valence-electron chi connectivity index (χ2n) is 15.3. The molecule has 234 valence electrons. The van der Waals surface area contributed by atoms with Crippen molar-refractivity contribution in [3.05, 3.63) is 132 Å². The minimum Gasteiger partial charge on any atom is -0.244 e. The molecule has 4 saturated carbocycles. The maximum Gasteiger partial charge on any atom is 0.0993 e. The maximum absolute atomic E-state index is 5.48. The van der Waals surface area contributed by atoms with E-state index in [2.05, 4.69) is 121 Å². The summed E-state index contributed by atoms with van der Waals surface area (Å²) in [6, 6.07) is 44.9. The minimum atomic E-state index is 0.108. The van der Waals surface area contributed by atoms with Gasteiger partial charge in [-0.25, -0.2) is 9.97 Å². The van der Waals surface area contributed by atoms with E-state index in [1.54, 1.807) is 11.1 Å². The van der Waals surface area contributed by atoms with Gasteiger partial charge in [0.25, 0.3) is 0 Å². The molecule has 2 aromatic heterocycles. The molecule has 1 spiro atoms. The number of hydrogen-bond donors (Lipinski definition) is 0. The highest BCUT2D eigenvalue weighted by molar-refractivity contribution is 7.26. The van der Waals surface area contributed by atoms with Crippen molar-refractivity contribution >= 4 is 53.3 Å². The molecule has 0 N–H and O–H groups in total. The molecule has 6 aromatic carbocycles. The Morgan fingerprint density at radius 3 is 2.04 bits per heavy atom. The van der Waals surface area contributed by atoms with E-state index in [1.807, 2.05) is 11.3 Å². The Bertz CT molecular complexity index is 2660. The molecule has 0 saturated heterocycles. The van der Waals surface area contributed by atoms with Gasteiger partial charge in [0.2, 0.25) is 0 Å². The second kappa shape index (κ2) is 9.64. The molecule has 0 aliphatic heterocycles. The number of para-hydroxylation sites is 2. The largest absolute Gasteiger partial charge is 0.244 e. The molecule has 4 bridgehead atoms. The Balaban J connectivity index is 1.23. The van der Waals surface area contributed by atoms with Crippen LogP contribution in [0.3, 0.4) is 0 Å². The average molecular weight is 647 g/mol. The highest BCUT2D eigenvalue weighted by Gasteiger charge is 2.62. The molecule has 4 fully saturated rings. The van der Waals surface area contributed by atoms with Gasteiger partial charge in [-0.05, 0) is 113 Å². The Morgan fingerprint density at radius 2 is 1.24 bits per heavy atom. The van der Waals surface area contributed by atoms with Crippen LogP contribution >= 0.6 is 11.3 Å². The van der Waals surface area contributed by atoms with Crippen molar-refractivity contribution in [3.63, 3.8) is 0 Å². The highest BCUT2D eigenvalue weighted by atomic mass is 32.1. The van der Waals surface area contributed by atoms with Crippen LogP contribution in [0.25, 0.3) is 75.6 Å². The lowest BCUT2D eigenvalue weighted by atomic mass is 9.43. The average Bonchev–Trinajstić information content (AvgIpc) is 3.66. The van der Waals surface area contributed by atoms with Gasteiger partial charge in [-0.2, -0.15) is 0 Å². The van der Waals surface area contributed by atoms with Gasteiger partial charge < -0.3 is 0 Å². The zero-order valence-corrected chi connectivity index (χ0v) is 28.0. The summed E-state index contributed by atoms with van der Waals surface area (Å²) in [5, 5.41) is 5.40. The molecule has 0 radical (unpaired) electrons. The van der Waals surface area contributed by atoms with E-state index in [-0.39, 0.29) is 5.41 Å². The molecule has 13 rings (SSSR count). The fourth-order valence-corrected chi connectivity index (χ4v) is 12.8. The van der Waals surface area contributed by atoms with Crippen molar-refractivity contribution < 1.29 is 0 Å². The third-order valence-corrected chi connectivity index (χ3v) is 14.2. The molecular formula is C46H34N2S.